The van der Waals surface area contributed by atoms with Crippen molar-refractivity contribution < 1.29 is 4.79 Å². The van der Waals surface area contributed by atoms with Crippen LogP contribution in [0.25, 0.3) is 0 Å². The van der Waals surface area contributed by atoms with Crippen LogP contribution in [0.15, 0.2) is 11.6 Å². The second-order valence-electron chi connectivity index (χ2n) is 5.19. The SMILES string of the molecule is CC1CNCC1C(=O)NC(C)(C)c1nccs1. The fourth-order valence-electron chi connectivity index (χ4n) is 2.15. The standard InChI is InChI=1S/C12H19N3OS/c1-8-6-13-7-9(8)10(16)15-12(2,3)11-14-4-5-17-11/h4-5,8-9,13H,6-7H2,1-3H3,(H,15,16). The number of amides is 1. The van der Waals surface area contributed by atoms with Crippen LogP contribution >= 0.6 is 11.3 Å². The monoisotopic (exact) mass is 253 g/mol. The van der Waals surface area contributed by atoms with Crippen LogP contribution in [0.5, 0.6) is 0 Å². The Morgan fingerprint density at radius 3 is 2.88 bits per heavy atom. The van der Waals surface area contributed by atoms with Gasteiger partial charge in [-0.3, -0.25) is 4.79 Å². The van der Waals surface area contributed by atoms with Gasteiger partial charge in [0.2, 0.25) is 5.91 Å². The lowest BCUT2D eigenvalue weighted by molar-refractivity contribution is -0.127. The smallest absolute Gasteiger partial charge is 0.225 e. The van der Waals surface area contributed by atoms with Gasteiger partial charge in [-0.05, 0) is 26.3 Å². The molecule has 0 radical (unpaired) electrons. The highest BCUT2D eigenvalue weighted by atomic mass is 32.1. The van der Waals surface area contributed by atoms with Crippen molar-refractivity contribution in [2.24, 2.45) is 11.8 Å². The molecule has 2 heterocycles. The number of carbonyl (C=O) groups excluding carboxylic acids is 1. The molecule has 4 nitrogen and oxygen atoms in total. The summed E-state index contributed by atoms with van der Waals surface area (Å²) < 4.78 is 0. The molecule has 2 atom stereocenters. The molecule has 5 heteroatoms. The van der Waals surface area contributed by atoms with Crippen LogP contribution in [0.1, 0.15) is 25.8 Å². The molecule has 1 saturated heterocycles. The number of hydrogen-bond acceptors (Lipinski definition) is 4. The van der Waals surface area contributed by atoms with Crippen LogP contribution < -0.4 is 10.6 Å². The summed E-state index contributed by atoms with van der Waals surface area (Å²) in [5, 5.41) is 9.23. The van der Waals surface area contributed by atoms with Gasteiger partial charge in [-0.15, -0.1) is 11.3 Å². The first kappa shape index (κ1) is 12.5. The van der Waals surface area contributed by atoms with E-state index in [0.29, 0.717) is 5.92 Å². The van der Waals surface area contributed by atoms with Crippen LogP contribution in [0.3, 0.4) is 0 Å². The number of nitrogens with one attached hydrogen (secondary N) is 2. The quantitative estimate of drug-likeness (QED) is 0.855. The van der Waals surface area contributed by atoms with E-state index in [4.69, 9.17) is 0 Å². The van der Waals surface area contributed by atoms with Gasteiger partial charge in [-0.1, -0.05) is 6.92 Å². The van der Waals surface area contributed by atoms with Crippen LogP contribution in [-0.4, -0.2) is 24.0 Å². The fourth-order valence-corrected chi connectivity index (χ4v) is 2.87. The minimum atomic E-state index is -0.381. The molecule has 0 saturated carbocycles. The van der Waals surface area contributed by atoms with Gasteiger partial charge in [-0.25, -0.2) is 4.98 Å². The molecule has 94 valence electrons. The minimum absolute atomic E-state index is 0.0780. The number of thiazole rings is 1. The zero-order valence-electron chi connectivity index (χ0n) is 10.5. The Labute approximate surface area is 106 Å². The first-order chi connectivity index (χ1) is 8.00. The molecule has 17 heavy (non-hydrogen) atoms. The highest BCUT2D eigenvalue weighted by Gasteiger charge is 2.34. The van der Waals surface area contributed by atoms with E-state index in [9.17, 15) is 4.79 Å². The summed E-state index contributed by atoms with van der Waals surface area (Å²) in [6, 6.07) is 0. The lowest BCUT2D eigenvalue weighted by Gasteiger charge is -2.26. The average molecular weight is 253 g/mol. The average Bonchev–Trinajstić information content (AvgIpc) is 2.85. The molecule has 1 aliphatic heterocycles. The minimum Gasteiger partial charge on any atom is -0.344 e. The summed E-state index contributed by atoms with van der Waals surface area (Å²) in [6.45, 7) is 7.81. The van der Waals surface area contributed by atoms with Crippen molar-refractivity contribution in [1.29, 1.82) is 0 Å². The number of rotatable bonds is 3. The van der Waals surface area contributed by atoms with Crippen LogP contribution in [0.2, 0.25) is 0 Å². The molecule has 1 amide bonds. The third-order valence-electron chi connectivity index (χ3n) is 3.26. The van der Waals surface area contributed by atoms with Gasteiger partial charge in [0.25, 0.3) is 0 Å². The second kappa shape index (κ2) is 4.74. The maximum atomic E-state index is 12.2. The van der Waals surface area contributed by atoms with Crippen molar-refractivity contribution in [3.8, 4) is 0 Å². The largest absolute Gasteiger partial charge is 0.344 e. The van der Waals surface area contributed by atoms with Gasteiger partial charge in [-0.2, -0.15) is 0 Å². The van der Waals surface area contributed by atoms with Crippen molar-refractivity contribution in [2.45, 2.75) is 26.3 Å². The van der Waals surface area contributed by atoms with E-state index in [1.807, 2.05) is 19.2 Å². The number of carbonyl (C=O) groups is 1. The predicted molar refractivity (Wildman–Crippen MR) is 68.8 cm³/mol. The third kappa shape index (κ3) is 2.66. The van der Waals surface area contributed by atoms with Gasteiger partial charge in [0.15, 0.2) is 0 Å². The zero-order valence-corrected chi connectivity index (χ0v) is 11.3. The Bertz CT molecular complexity index is 388. The molecule has 1 aromatic rings. The van der Waals surface area contributed by atoms with Gasteiger partial charge in [0.1, 0.15) is 5.01 Å². The normalized spacial score (nSPS) is 24.9. The summed E-state index contributed by atoms with van der Waals surface area (Å²) in [5.74, 6) is 0.610. The maximum Gasteiger partial charge on any atom is 0.225 e. The highest BCUT2D eigenvalue weighted by Crippen LogP contribution is 2.24. The number of aromatic nitrogens is 1. The molecule has 0 aromatic carbocycles. The van der Waals surface area contributed by atoms with E-state index in [2.05, 4.69) is 22.5 Å². The molecule has 0 aliphatic carbocycles. The lowest BCUT2D eigenvalue weighted by atomic mass is 9.95. The molecule has 1 aromatic heterocycles. The molecule has 1 aliphatic rings. The number of nitrogens with zero attached hydrogens (tertiary/aromatic N) is 1. The zero-order chi connectivity index (χ0) is 12.5. The Morgan fingerprint density at radius 2 is 2.35 bits per heavy atom. The Kier molecular flexibility index (Phi) is 3.49. The Hall–Kier alpha value is -0.940. The van der Waals surface area contributed by atoms with E-state index in [0.717, 1.165) is 18.1 Å². The van der Waals surface area contributed by atoms with Crippen molar-refractivity contribution in [2.75, 3.05) is 13.1 Å². The summed E-state index contributed by atoms with van der Waals surface area (Å²) in [4.78, 5) is 16.5. The molecule has 2 unspecified atom stereocenters. The molecular weight excluding hydrogens is 234 g/mol. The number of hydrogen-bond donors (Lipinski definition) is 2. The van der Waals surface area contributed by atoms with Crippen molar-refractivity contribution in [3.63, 3.8) is 0 Å². The van der Waals surface area contributed by atoms with Crippen molar-refractivity contribution in [3.05, 3.63) is 16.6 Å². The van der Waals surface area contributed by atoms with E-state index in [1.165, 1.54) is 0 Å². The first-order valence-electron chi connectivity index (χ1n) is 5.93. The molecule has 2 rings (SSSR count). The van der Waals surface area contributed by atoms with Gasteiger partial charge in [0, 0.05) is 18.1 Å². The molecule has 0 bridgehead atoms. The van der Waals surface area contributed by atoms with Crippen LogP contribution in [0, 0.1) is 11.8 Å². The maximum absolute atomic E-state index is 12.2. The predicted octanol–water partition coefficient (Wildman–Crippen LogP) is 1.35. The summed E-state index contributed by atoms with van der Waals surface area (Å²) in [6.07, 6.45) is 1.77. The summed E-state index contributed by atoms with van der Waals surface area (Å²) in [5.41, 5.74) is -0.381. The van der Waals surface area contributed by atoms with Crippen molar-refractivity contribution in [1.82, 2.24) is 15.6 Å². The Morgan fingerprint density at radius 1 is 1.59 bits per heavy atom. The van der Waals surface area contributed by atoms with Crippen LogP contribution in [-0.2, 0) is 10.3 Å². The lowest BCUT2D eigenvalue weighted by Crippen LogP contribution is -2.45. The third-order valence-corrected chi connectivity index (χ3v) is 4.35. The molecule has 2 N–H and O–H groups in total. The van der Waals surface area contributed by atoms with Crippen LogP contribution in [0.4, 0.5) is 0 Å². The second-order valence-corrected chi connectivity index (χ2v) is 6.09. The van der Waals surface area contributed by atoms with Gasteiger partial charge < -0.3 is 10.6 Å². The van der Waals surface area contributed by atoms with Gasteiger partial charge >= 0.3 is 0 Å². The molecule has 0 spiro atoms. The fraction of sp³-hybridized carbons (Fsp3) is 0.667. The van der Waals surface area contributed by atoms with E-state index in [-0.39, 0.29) is 17.4 Å². The van der Waals surface area contributed by atoms with Gasteiger partial charge in [0.05, 0.1) is 11.5 Å². The first-order valence-corrected chi connectivity index (χ1v) is 6.81. The Balaban J connectivity index is 2.03. The topological polar surface area (TPSA) is 54.0 Å². The van der Waals surface area contributed by atoms with Crippen molar-refractivity contribution >= 4 is 17.2 Å². The van der Waals surface area contributed by atoms with E-state index in [1.54, 1.807) is 17.5 Å². The summed E-state index contributed by atoms with van der Waals surface area (Å²) in [7, 11) is 0. The summed E-state index contributed by atoms with van der Waals surface area (Å²) >= 11 is 1.57. The molecular formula is C12H19N3OS. The highest BCUT2D eigenvalue weighted by molar-refractivity contribution is 7.09. The van der Waals surface area contributed by atoms with E-state index >= 15 is 0 Å². The molecule has 1 fully saturated rings. The van der Waals surface area contributed by atoms with E-state index < -0.39 is 0 Å².